The fraction of sp³-hybridized carbons (Fsp3) is 0.632. The maximum Gasteiger partial charge on any atom is 0.257 e. The summed E-state index contributed by atoms with van der Waals surface area (Å²) in [5, 5.41) is 2.99. The van der Waals surface area contributed by atoms with Gasteiger partial charge >= 0.3 is 0 Å². The fourth-order valence-corrected chi connectivity index (χ4v) is 3.08. The molecule has 5 heteroatoms. The molecule has 0 bridgehead atoms. The molecule has 0 radical (unpaired) electrons. The molecule has 2 rings (SSSR count). The van der Waals surface area contributed by atoms with Gasteiger partial charge < -0.3 is 19.7 Å². The van der Waals surface area contributed by atoms with Crippen molar-refractivity contribution in [3.63, 3.8) is 0 Å². The maximum absolute atomic E-state index is 12.0. The average Bonchev–Trinajstić information content (AvgIpc) is 2.59. The number of benzene rings is 1. The molecule has 0 aromatic heterocycles. The van der Waals surface area contributed by atoms with Crippen LogP contribution in [0.15, 0.2) is 24.3 Å². The van der Waals surface area contributed by atoms with Crippen molar-refractivity contribution in [2.75, 3.05) is 39.9 Å². The molecular weight excluding hydrogens is 304 g/mol. The number of nitrogens with one attached hydrogen (secondary N) is 1. The summed E-state index contributed by atoms with van der Waals surface area (Å²) < 4.78 is 10.8. The van der Waals surface area contributed by atoms with E-state index in [0.29, 0.717) is 23.3 Å². The highest BCUT2D eigenvalue weighted by Gasteiger charge is 2.20. The summed E-state index contributed by atoms with van der Waals surface area (Å²) in [6.07, 6.45) is 2.31. The van der Waals surface area contributed by atoms with Crippen molar-refractivity contribution < 1.29 is 14.3 Å². The van der Waals surface area contributed by atoms with Gasteiger partial charge in [0.05, 0.1) is 7.11 Å². The molecule has 1 fully saturated rings. The molecule has 24 heavy (non-hydrogen) atoms. The number of nitrogens with zero attached hydrogens (tertiary/aromatic N) is 1. The van der Waals surface area contributed by atoms with Crippen molar-refractivity contribution in [1.82, 2.24) is 10.2 Å². The molecule has 1 aliphatic rings. The molecule has 1 amide bonds. The van der Waals surface area contributed by atoms with E-state index < -0.39 is 0 Å². The Morgan fingerprint density at radius 2 is 1.92 bits per heavy atom. The van der Waals surface area contributed by atoms with Gasteiger partial charge in [-0.15, -0.1) is 0 Å². The molecular formula is C19H30N2O3. The Bertz CT molecular complexity index is 511. The number of methoxy groups -OCH3 is 1. The topological polar surface area (TPSA) is 50.8 Å². The Labute approximate surface area is 145 Å². The number of hydrogen-bond acceptors (Lipinski definition) is 4. The van der Waals surface area contributed by atoms with Crippen LogP contribution in [-0.4, -0.2) is 50.7 Å². The zero-order chi connectivity index (χ0) is 17.4. The first kappa shape index (κ1) is 18.6. The lowest BCUT2D eigenvalue weighted by Crippen LogP contribution is -2.40. The van der Waals surface area contributed by atoms with Gasteiger partial charge in [-0.1, -0.05) is 26.0 Å². The fourth-order valence-electron chi connectivity index (χ4n) is 3.08. The summed E-state index contributed by atoms with van der Waals surface area (Å²) >= 11 is 0. The third kappa shape index (κ3) is 6.04. The van der Waals surface area contributed by atoms with Gasteiger partial charge in [0, 0.05) is 13.1 Å². The molecule has 0 unspecified atom stereocenters. The normalized spacial score (nSPS) is 16.2. The summed E-state index contributed by atoms with van der Waals surface area (Å²) in [7, 11) is 1.59. The molecule has 1 aromatic rings. The summed E-state index contributed by atoms with van der Waals surface area (Å²) in [6.45, 7) is 8.72. The number of hydrogen-bond donors (Lipinski definition) is 1. The van der Waals surface area contributed by atoms with Crippen LogP contribution in [0.4, 0.5) is 0 Å². The van der Waals surface area contributed by atoms with Crippen LogP contribution in [0.2, 0.25) is 0 Å². The molecule has 0 aliphatic carbocycles. The largest absolute Gasteiger partial charge is 0.493 e. The standard InChI is InChI=1S/C19H30N2O3/c1-15(2)13-21-10-8-16(9-11-21)12-20-19(22)14-24-18-7-5-4-6-17(18)23-3/h4-7,15-16H,8-14H2,1-3H3,(H,20,22). The van der Waals surface area contributed by atoms with Gasteiger partial charge in [-0.05, 0) is 49.9 Å². The highest BCUT2D eigenvalue weighted by Crippen LogP contribution is 2.25. The molecule has 1 aromatic carbocycles. The van der Waals surface area contributed by atoms with E-state index in [1.165, 1.54) is 6.54 Å². The van der Waals surface area contributed by atoms with Crippen LogP contribution in [0.3, 0.4) is 0 Å². The highest BCUT2D eigenvalue weighted by atomic mass is 16.5. The zero-order valence-electron chi connectivity index (χ0n) is 15.1. The first-order valence-corrected chi connectivity index (χ1v) is 8.83. The van der Waals surface area contributed by atoms with Crippen molar-refractivity contribution in [1.29, 1.82) is 0 Å². The number of carbonyl (C=O) groups is 1. The molecule has 0 saturated carbocycles. The average molecular weight is 334 g/mol. The predicted molar refractivity (Wildman–Crippen MR) is 95.5 cm³/mol. The van der Waals surface area contributed by atoms with Crippen LogP contribution in [0.1, 0.15) is 26.7 Å². The van der Waals surface area contributed by atoms with E-state index in [9.17, 15) is 4.79 Å². The van der Waals surface area contributed by atoms with Crippen LogP contribution >= 0.6 is 0 Å². The first-order valence-electron chi connectivity index (χ1n) is 8.83. The minimum absolute atomic E-state index is 0.0204. The van der Waals surface area contributed by atoms with E-state index in [0.717, 1.165) is 32.5 Å². The summed E-state index contributed by atoms with van der Waals surface area (Å²) in [5.41, 5.74) is 0. The number of para-hydroxylation sites is 2. The van der Waals surface area contributed by atoms with Crippen LogP contribution < -0.4 is 14.8 Å². The van der Waals surface area contributed by atoms with E-state index in [1.54, 1.807) is 13.2 Å². The van der Waals surface area contributed by atoms with Crippen LogP contribution in [0, 0.1) is 11.8 Å². The first-order chi connectivity index (χ1) is 11.6. The molecule has 134 valence electrons. The monoisotopic (exact) mass is 334 g/mol. The van der Waals surface area contributed by atoms with E-state index in [4.69, 9.17) is 9.47 Å². The molecule has 0 atom stereocenters. The van der Waals surface area contributed by atoms with Gasteiger partial charge in [-0.25, -0.2) is 0 Å². The SMILES string of the molecule is COc1ccccc1OCC(=O)NCC1CCN(CC(C)C)CC1. The Morgan fingerprint density at radius 3 is 2.54 bits per heavy atom. The second kappa shape index (κ2) is 9.52. The Morgan fingerprint density at radius 1 is 1.25 bits per heavy atom. The summed E-state index contributed by atoms with van der Waals surface area (Å²) in [5.74, 6) is 2.45. The lowest BCUT2D eigenvalue weighted by molar-refractivity contribution is -0.123. The number of ether oxygens (including phenoxy) is 2. The molecule has 1 N–H and O–H groups in total. The van der Waals surface area contributed by atoms with Gasteiger partial charge in [-0.3, -0.25) is 4.79 Å². The quantitative estimate of drug-likeness (QED) is 0.794. The van der Waals surface area contributed by atoms with Gasteiger partial charge in [0.1, 0.15) is 0 Å². The van der Waals surface area contributed by atoms with E-state index >= 15 is 0 Å². The Hall–Kier alpha value is -1.75. The van der Waals surface area contributed by atoms with E-state index in [-0.39, 0.29) is 12.5 Å². The Kier molecular flexibility index (Phi) is 7.37. The smallest absolute Gasteiger partial charge is 0.257 e. The summed E-state index contributed by atoms with van der Waals surface area (Å²) in [4.78, 5) is 14.5. The van der Waals surface area contributed by atoms with Crippen molar-refractivity contribution in [2.24, 2.45) is 11.8 Å². The minimum Gasteiger partial charge on any atom is -0.493 e. The van der Waals surface area contributed by atoms with Gasteiger partial charge in [0.15, 0.2) is 18.1 Å². The van der Waals surface area contributed by atoms with Crippen molar-refractivity contribution >= 4 is 5.91 Å². The van der Waals surface area contributed by atoms with Crippen LogP contribution in [-0.2, 0) is 4.79 Å². The lowest BCUT2D eigenvalue weighted by atomic mass is 9.96. The van der Waals surface area contributed by atoms with E-state index in [1.807, 2.05) is 18.2 Å². The van der Waals surface area contributed by atoms with Crippen molar-refractivity contribution in [3.05, 3.63) is 24.3 Å². The van der Waals surface area contributed by atoms with Gasteiger partial charge in [0.2, 0.25) is 0 Å². The number of rotatable bonds is 8. The molecule has 1 heterocycles. The molecule has 1 aliphatic heterocycles. The van der Waals surface area contributed by atoms with Crippen LogP contribution in [0.5, 0.6) is 11.5 Å². The van der Waals surface area contributed by atoms with Crippen molar-refractivity contribution in [2.45, 2.75) is 26.7 Å². The zero-order valence-corrected chi connectivity index (χ0v) is 15.1. The predicted octanol–water partition coefficient (Wildman–Crippen LogP) is 2.56. The van der Waals surface area contributed by atoms with Crippen LogP contribution in [0.25, 0.3) is 0 Å². The Balaban J connectivity index is 1.65. The van der Waals surface area contributed by atoms with Gasteiger partial charge in [-0.2, -0.15) is 0 Å². The number of carbonyl (C=O) groups excluding carboxylic acids is 1. The lowest BCUT2D eigenvalue weighted by Gasteiger charge is -2.33. The molecule has 5 nitrogen and oxygen atoms in total. The number of piperidine rings is 1. The maximum atomic E-state index is 12.0. The van der Waals surface area contributed by atoms with Gasteiger partial charge in [0.25, 0.3) is 5.91 Å². The second-order valence-corrected chi connectivity index (χ2v) is 6.88. The second-order valence-electron chi connectivity index (χ2n) is 6.88. The molecule has 1 saturated heterocycles. The number of likely N-dealkylation sites (tertiary alicyclic amines) is 1. The summed E-state index contributed by atoms with van der Waals surface area (Å²) in [6, 6.07) is 7.35. The highest BCUT2D eigenvalue weighted by molar-refractivity contribution is 5.77. The number of amides is 1. The minimum atomic E-state index is -0.0782. The third-order valence-electron chi connectivity index (χ3n) is 4.35. The van der Waals surface area contributed by atoms with E-state index in [2.05, 4.69) is 24.1 Å². The molecule has 0 spiro atoms. The van der Waals surface area contributed by atoms with Crippen molar-refractivity contribution in [3.8, 4) is 11.5 Å². The third-order valence-corrected chi connectivity index (χ3v) is 4.35.